The van der Waals surface area contributed by atoms with Crippen LogP contribution in [0.1, 0.15) is 43.5 Å². The summed E-state index contributed by atoms with van der Waals surface area (Å²) < 4.78 is 13.1. The summed E-state index contributed by atoms with van der Waals surface area (Å²) in [5.41, 5.74) is 6.01. The lowest BCUT2D eigenvalue weighted by atomic mass is 10.1. The van der Waals surface area contributed by atoms with Crippen LogP contribution >= 0.6 is 0 Å². The van der Waals surface area contributed by atoms with Crippen molar-refractivity contribution in [1.82, 2.24) is 4.90 Å². The molecule has 98 valence electrons. The minimum Gasteiger partial charge on any atom is -0.396 e. The molecule has 0 aromatic heterocycles. The molecule has 1 saturated heterocycles. The molecule has 0 saturated carbocycles. The van der Waals surface area contributed by atoms with Gasteiger partial charge in [-0.25, -0.2) is 4.39 Å². The lowest BCUT2D eigenvalue weighted by molar-refractivity contribution is 0.0676. The average molecular weight is 250 g/mol. The monoisotopic (exact) mass is 250 g/mol. The van der Waals surface area contributed by atoms with Gasteiger partial charge in [0.15, 0.2) is 0 Å². The quantitative estimate of drug-likeness (QED) is 0.820. The van der Waals surface area contributed by atoms with Crippen LogP contribution in [0.4, 0.5) is 10.1 Å². The lowest BCUT2D eigenvalue weighted by Gasteiger charge is -2.28. The van der Waals surface area contributed by atoms with Gasteiger partial charge in [-0.15, -0.1) is 0 Å². The van der Waals surface area contributed by atoms with Gasteiger partial charge in [-0.1, -0.05) is 6.92 Å². The third-order valence-corrected chi connectivity index (χ3v) is 3.73. The molecule has 1 aliphatic heterocycles. The maximum absolute atomic E-state index is 13.1. The Morgan fingerprint density at radius 3 is 2.83 bits per heavy atom. The van der Waals surface area contributed by atoms with Crippen molar-refractivity contribution in [2.45, 2.75) is 45.2 Å². The maximum atomic E-state index is 13.1. The predicted molar refractivity (Wildman–Crippen MR) is 69.8 cm³/mol. The van der Waals surface area contributed by atoms with Crippen molar-refractivity contribution in [3.05, 3.63) is 29.6 Å². The van der Waals surface area contributed by atoms with Crippen LogP contribution in [0, 0.1) is 5.82 Å². The first-order valence-corrected chi connectivity index (χ1v) is 6.42. The third-order valence-electron chi connectivity index (χ3n) is 3.73. The number of hydrogen-bond acceptors (Lipinski definition) is 2. The van der Waals surface area contributed by atoms with Crippen LogP contribution in [0.25, 0.3) is 0 Å². The molecule has 0 aliphatic carbocycles. The molecule has 18 heavy (non-hydrogen) atoms. The Kier molecular flexibility index (Phi) is 3.55. The summed E-state index contributed by atoms with van der Waals surface area (Å²) in [6.07, 6.45) is 3.02. The fourth-order valence-corrected chi connectivity index (χ4v) is 2.66. The zero-order valence-electron chi connectivity index (χ0n) is 10.8. The second-order valence-corrected chi connectivity index (χ2v) is 4.94. The van der Waals surface area contributed by atoms with Gasteiger partial charge in [-0.2, -0.15) is 0 Å². The normalized spacial score (nSPS) is 23.4. The van der Waals surface area contributed by atoms with Crippen LogP contribution in [0.15, 0.2) is 18.2 Å². The summed E-state index contributed by atoms with van der Waals surface area (Å²) >= 11 is 0. The SMILES string of the molecule is CCC1CCC(C)N1C(=O)c1ccc(F)c(N)c1. The molecule has 2 unspecified atom stereocenters. The molecular formula is C14H19FN2O. The first kappa shape index (κ1) is 12.9. The van der Waals surface area contributed by atoms with Crippen LogP contribution in [0.3, 0.4) is 0 Å². The Bertz CT molecular complexity index is 461. The second-order valence-electron chi connectivity index (χ2n) is 4.94. The van der Waals surface area contributed by atoms with E-state index in [9.17, 15) is 9.18 Å². The molecule has 1 aliphatic rings. The van der Waals surface area contributed by atoms with E-state index in [0.717, 1.165) is 19.3 Å². The van der Waals surface area contributed by atoms with Gasteiger partial charge in [0.1, 0.15) is 5.82 Å². The van der Waals surface area contributed by atoms with E-state index < -0.39 is 5.82 Å². The van der Waals surface area contributed by atoms with Crippen molar-refractivity contribution in [3.8, 4) is 0 Å². The Hall–Kier alpha value is -1.58. The van der Waals surface area contributed by atoms with Gasteiger partial charge in [0, 0.05) is 17.6 Å². The topological polar surface area (TPSA) is 46.3 Å². The summed E-state index contributed by atoms with van der Waals surface area (Å²) in [4.78, 5) is 14.3. The standard InChI is InChI=1S/C14H19FN2O/c1-3-11-6-4-9(2)17(11)14(18)10-5-7-12(15)13(16)8-10/h5,7-9,11H,3-4,6,16H2,1-2H3. The minimum absolute atomic E-state index is 0.0285. The summed E-state index contributed by atoms with van der Waals surface area (Å²) in [5, 5.41) is 0. The Morgan fingerprint density at radius 1 is 1.50 bits per heavy atom. The zero-order valence-corrected chi connectivity index (χ0v) is 10.8. The third kappa shape index (κ3) is 2.19. The van der Waals surface area contributed by atoms with Crippen LogP contribution in [-0.4, -0.2) is 22.9 Å². The van der Waals surface area contributed by atoms with Crippen molar-refractivity contribution in [2.24, 2.45) is 0 Å². The van der Waals surface area contributed by atoms with E-state index in [-0.39, 0.29) is 17.6 Å². The highest BCUT2D eigenvalue weighted by Crippen LogP contribution is 2.28. The van der Waals surface area contributed by atoms with E-state index >= 15 is 0 Å². The molecule has 3 nitrogen and oxygen atoms in total. The number of rotatable bonds is 2. The van der Waals surface area contributed by atoms with E-state index in [1.807, 2.05) is 4.90 Å². The molecular weight excluding hydrogens is 231 g/mol. The number of likely N-dealkylation sites (tertiary alicyclic amines) is 1. The number of nitrogen functional groups attached to an aromatic ring is 1. The number of amides is 1. The lowest BCUT2D eigenvalue weighted by Crippen LogP contribution is -2.39. The Balaban J connectivity index is 2.27. The van der Waals surface area contributed by atoms with Crippen LogP contribution in [-0.2, 0) is 0 Å². The first-order valence-electron chi connectivity index (χ1n) is 6.42. The number of nitrogens with two attached hydrogens (primary N) is 1. The highest BCUT2D eigenvalue weighted by Gasteiger charge is 2.33. The fraction of sp³-hybridized carbons (Fsp3) is 0.500. The van der Waals surface area contributed by atoms with E-state index in [0.29, 0.717) is 11.6 Å². The number of carbonyl (C=O) groups excluding carboxylic acids is 1. The van der Waals surface area contributed by atoms with E-state index in [1.54, 1.807) is 0 Å². The predicted octanol–water partition coefficient (Wildman–Crippen LogP) is 2.81. The molecule has 0 spiro atoms. The van der Waals surface area contributed by atoms with Gasteiger partial charge in [0.05, 0.1) is 5.69 Å². The molecule has 1 fully saturated rings. The molecule has 0 radical (unpaired) electrons. The number of carbonyl (C=O) groups is 1. The highest BCUT2D eigenvalue weighted by molar-refractivity contribution is 5.95. The van der Waals surface area contributed by atoms with Crippen LogP contribution < -0.4 is 5.73 Å². The van der Waals surface area contributed by atoms with E-state index in [4.69, 9.17) is 5.73 Å². The van der Waals surface area contributed by atoms with Crippen molar-refractivity contribution in [1.29, 1.82) is 0 Å². The smallest absolute Gasteiger partial charge is 0.254 e. The van der Waals surface area contributed by atoms with Gasteiger partial charge < -0.3 is 10.6 Å². The van der Waals surface area contributed by atoms with Gasteiger partial charge in [-0.3, -0.25) is 4.79 Å². The van der Waals surface area contributed by atoms with E-state index in [2.05, 4.69) is 13.8 Å². The molecule has 2 N–H and O–H groups in total. The molecule has 2 atom stereocenters. The van der Waals surface area contributed by atoms with Crippen molar-refractivity contribution in [3.63, 3.8) is 0 Å². The van der Waals surface area contributed by atoms with Gasteiger partial charge >= 0.3 is 0 Å². The number of nitrogens with zero attached hydrogens (tertiary/aromatic N) is 1. The molecule has 2 rings (SSSR count). The molecule has 4 heteroatoms. The van der Waals surface area contributed by atoms with Crippen LogP contribution in [0.2, 0.25) is 0 Å². The summed E-state index contributed by atoms with van der Waals surface area (Å²) in [5.74, 6) is -0.522. The number of benzene rings is 1. The number of halogens is 1. The van der Waals surface area contributed by atoms with Crippen molar-refractivity contribution in [2.75, 3.05) is 5.73 Å². The molecule has 1 aromatic rings. The molecule has 1 amide bonds. The second kappa shape index (κ2) is 4.96. The highest BCUT2D eigenvalue weighted by atomic mass is 19.1. The van der Waals surface area contributed by atoms with Gasteiger partial charge in [0.25, 0.3) is 5.91 Å². The summed E-state index contributed by atoms with van der Waals surface area (Å²) in [6, 6.07) is 4.72. The Morgan fingerprint density at radius 2 is 2.22 bits per heavy atom. The van der Waals surface area contributed by atoms with Crippen LogP contribution in [0.5, 0.6) is 0 Å². The number of anilines is 1. The maximum Gasteiger partial charge on any atom is 0.254 e. The van der Waals surface area contributed by atoms with Gasteiger partial charge in [-0.05, 0) is 44.4 Å². The fourth-order valence-electron chi connectivity index (χ4n) is 2.66. The zero-order chi connectivity index (χ0) is 13.3. The van der Waals surface area contributed by atoms with Crippen molar-refractivity contribution >= 4 is 11.6 Å². The van der Waals surface area contributed by atoms with Crippen molar-refractivity contribution < 1.29 is 9.18 Å². The average Bonchev–Trinajstić information content (AvgIpc) is 2.73. The van der Waals surface area contributed by atoms with Gasteiger partial charge in [0.2, 0.25) is 0 Å². The minimum atomic E-state index is -0.479. The molecule has 1 aromatic carbocycles. The Labute approximate surface area is 107 Å². The largest absolute Gasteiger partial charge is 0.396 e. The first-order chi connectivity index (χ1) is 8.54. The summed E-state index contributed by atoms with van der Waals surface area (Å²) in [7, 11) is 0. The molecule has 1 heterocycles. The van der Waals surface area contributed by atoms with E-state index in [1.165, 1.54) is 18.2 Å². The number of hydrogen-bond donors (Lipinski definition) is 1. The molecule has 0 bridgehead atoms. The summed E-state index contributed by atoms with van der Waals surface area (Å²) in [6.45, 7) is 4.14.